The van der Waals surface area contributed by atoms with Crippen molar-refractivity contribution in [1.82, 2.24) is 19.9 Å². The lowest BCUT2D eigenvalue weighted by atomic mass is 10.2. The number of hydrogen-bond acceptors (Lipinski definition) is 6. The molecule has 0 aliphatic heterocycles. The summed E-state index contributed by atoms with van der Waals surface area (Å²) >= 11 is 1.64. The van der Waals surface area contributed by atoms with E-state index in [0.717, 1.165) is 46.8 Å². The van der Waals surface area contributed by atoms with Gasteiger partial charge in [-0.1, -0.05) is 12.1 Å². The third kappa shape index (κ3) is 3.64. The second-order valence-corrected chi connectivity index (χ2v) is 6.59. The van der Waals surface area contributed by atoms with Crippen LogP contribution < -0.4 is 4.90 Å². The van der Waals surface area contributed by atoms with Crippen LogP contribution in [0.5, 0.6) is 0 Å². The third-order valence-corrected chi connectivity index (χ3v) is 4.82. The fraction of sp³-hybridized carbons (Fsp3) is 0.158. The van der Waals surface area contributed by atoms with Gasteiger partial charge >= 0.3 is 0 Å². The van der Waals surface area contributed by atoms with Crippen LogP contribution in [0.1, 0.15) is 11.3 Å². The molecule has 0 bridgehead atoms. The summed E-state index contributed by atoms with van der Waals surface area (Å²) in [6.07, 6.45) is 8.04. The monoisotopic (exact) mass is 347 g/mol. The first-order chi connectivity index (χ1) is 12.4. The van der Waals surface area contributed by atoms with Crippen molar-refractivity contribution < 1.29 is 0 Å². The average Bonchev–Trinajstić information content (AvgIpc) is 3.16. The van der Waals surface area contributed by atoms with Crippen molar-refractivity contribution in [2.24, 2.45) is 0 Å². The maximum Gasteiger partial charge on any atom is 0.141 e. The van der Waals surface area contributed by atoms with Gasteiger partial charge in [-0.15, -0.1) is 11.3 Å². The van der Waals surface area contributed by atoms with E-state index < -0.39 is 0 Å². The molecular weight excluding hydrogens is 330 g/mol. The molecule has 0 fully saturated rings. The number of thiophene rings is 1. The molecule has 0 aliphatic rings. The Morgan fingerprint density at radius 3 is 2.80 bits per heavy atom. The lowest BCUT2D eigenvalue weighted by molar-refractivity contribution is 0.759. The molecular formula is C19H17N5S. The van der Waals surface area contributed by atoms with Gasteiger partial charge in [-0.2, -0.15) is 0 Å². The zero-order valence-corrected chi connectivity index (χ0v) is 14.4. The zero-order valence-electron chi connectivity index (χ0n) is 13.6. The number of anilines is 1. The van der Waals surface area contributed by atoms with E-state index in [1.807, 2.05) is 30.6 Å². The van der Waals surface area contributed by atoms with Crippen LogP contribution in [0.25, 0.3) is 10.2 Å². The van der Waals surface area contributed by atoms with E-state index in [2.05, 4.69) is 48.4 Å². The van der Waals surface area contributed by atoms with E-state index in [4.69, 9.17) is 0 Å². The summed E-state index contributed by atoms with van der Waals surface area (Å²) in [7, 11) is 0. The van der Waals surface area contributed by atoms with Crippen LogP contribution in [-0.2, 0) is 13.0 Å². The maximum absolute atomic E-state index is 4.57. The summed E-state index contributed by atoms with van der Waals surface area (Å²) in [5, 5.41) is 3.15. The highest BCUT2D eigenvalue weighted by Crippen LogP contribution is 2.27. The molecule has 0 amide bonds. The fourth-order valence-corrected chi connectivity index (χ4v) is 3.52. The first kappa shape index (κ1) is 15.7. The van der Waals surface area contributed by atoms with Crippen molar-refractivity contribution >= 4 is 27.4 Å². The van der Waals surface area contributed by atoms with Gasteiger partial charge in [0.1, 0.15) is 17.0 Å². The molecule has 0 N–H and O–H groups in total. The predicted octanol–water partition coefficient (Wildman–Crippen LogP) is 3.73. The normalized spacial score (nSPS) is 10.9. The predicted molar refractivity (Wildman–Crippen MR) is 101 cm³/mol. The molecule has 6 heteroatoms. The first-order valence-corrected chi connectivity index (χ1v) is 9.00. The molecule has 0 atom stereocenters. The van der Waals surface area contributed by atoms with Crippen LogP contribution in [0.3, 0.4) is 0 Å². The SMILES string of the molecule is c1ccc(CCN(Cc2cccnc2)c2ncnc3sccc23)nc1. The largest absolute Gasteiger partial charge is 0.351 e. The summed E-state index contributed by atoms with van der Waals surface area (Å²) in [6.45, 7) is 1.58. The van der Waals surface area contributed by atoms with Crippen LogP contribution in [-0.4, -0.2) is 26.5 Å². The van der Waals surface area contributed by atoms with Gasteiger partial charge in [-0.25, -0.2) is 9.97 Å². The van der Waals surface area contributed by atoms with Gasteiger partial charge < -0.3 is 4.90 Å². The van der Waals surface area contributed by atoms with E-state index in [0.29, 0.717) is 0 Å². The smallest absolute Gasteiger partial charge is 0.141 e. The Labute approximate surface area is 150 Å². The molecule has 0 saturated carbocycles. The number of fused-ring (bicyclic) bond motifs is 1. The summed E-state index contributed by atoms with van der Waals surface area (Å²) in [6, 6.07) is 12.2. The van der Waals surface area contributed by atoms with Crippen molar-refractivity contribution in [1.29, 1.82) is 0 Å². The standard InChI is InChI=1S/C19H17N5S/c1-2-9-21-16(5-1)6-10-24(13-15-4-3-8-20-12-15)18-17-7-11-25-19(17)23-14-22-18/h1-5,7-9,11-12,14H,6,10,13H2. The number of rotatable bonds is 6. The Balaban J connectivity index is 1.64. The molecule has 4 rings (SSSR count). The summed E-state index contributed by atoms with van der Waals surface area (Å²) in [4.78, 5) is 20.9. The Hall–Kier alpha value is -2.86. The van der Waals surface area contributed by atoms with Gasteiger partial charge in [0.2, 0.25) is 0 Å². The topological polar surface area (TPSA) is 54.8 Å². The van der Waals surface area contributed by atoms with E-state index in [9.17, 15) is 0 Å². The second kappa shape index (κ2) is 7.36. The second-order valence-electron chi connectivity index (χ2n) is 5.69. The minimum Gasteiger partial charge on any atom is -0.351 e. The summed E-state index contributed by atoms with van der Waals surface area (Å²) < 4.78 is 0. The quantitative estimate of drug-likeness (QED) is 0.532. The average molecular weight is 347 g/mol. The lowest BCUT2D eigenvalue weighted by Crippen LogP contribution is -2.26. The van der Waals surface area contributed by atoms with E-state index >= 15 is 0 Å². The molecule has 4 aromatic rings. The van der Waals surface area contributed by atoms with E-state index in [1.54, 1.807) is 23.9 Å². The van der Waals surface area contributed by atoms with Crippen LogP contribution in [0, 0.1) is 0 Å². The third-order valence-electron chi connectivity index (χ3n) is 4.00. The van der Waals surface area contributed by atoms with Gasteiger partial charge in [0.25, 0.3) is 0 Å². The first-order valence-electron chi connectivity index (χ1n) is 8.12. The van der Waals surface area contributed by atoms with Crippen LogP contribution in [0.2, 0.25) is 0 Å². The van der Waals surface area contributed by atoms with Crippen molar-refractivity contribution in [2.45, 2.75) is 13.0 Å². The molecule has 0 aromatic carbocycles. The van der Waals surface area contributed by atoms with Gasteiger partial charge in [0.15, 0.2) is 0 Å². The highest BCUT2D eigenvalue weighted by molar-refractivity contribution is 7.16. The Kier molecular flexibility index (Phi) is 4.61. The van der Waals surface area contributed by atoms with Crippen molar-refractivity contribution in [2.75, 3.05) is 11.4 Å². The summed E-state index contributed by atoms with van der Waals surface area (Å²) in [5.74, 6) is 0.964. The van der Waals surface area contributed by atoms with Gasteiger partial charge in [-0.3, -0.25) is 9.97 Å². The van der Waals surface area contributed by atoms with Crippen molar-refractivity contribution in [3.63, 3.8) is 0 Å². The van der Waals surface area contributed by atoms with Crippen LogP contribution in [0.15, 0.2) is 66.7 Å². The lowest BCUT2D eigenvalue weighted by Gasteiger charge is -2.24. The molecule has 0 saturated heterocycles. The van der Waals surface area contributed by atoms with Crippen molar-refractivity contribution in [3.05, 3.63) is 78.0 Å². The van der Waals surface area contributed by atoms with Crippen molar-refractivity contribution in [3.8, 4) is 0 Å². The number of pyridine rings is 2. The zero-order chi connectivity index (χ0) is 16.9. The highest BCUT2D eigenvalue weighted by Gasteiger charge is 2.14. The Bertz CT molecular complexity index is 940. The minimum atomic E-state index is 0.753. The van der Waals surface area contributed by atoms with E-state index in [-0.39, 0.29) is 0 Å². The van der Waals surface area contributed by atoms with Gasteiger partial charge in [0.05, 0.1) is 5.39 Å². The minimum absolute atomic E-state index is 0.753. The van der Waals surface area contributed by atoms with Crippen LogP contribution in [0.4, 0.5) is 5.82 Å². The van der Waals surface area contributed by atoms with Gasteiger partial charge in [-0.05, 0) is 35.2 Å². The Morgan fingerprint density at radius 1 is 0.960 bits per heavy atom. The molecule has 5 nitrogen and oxygen atoms in total. The number of hydrogen-bond donors (Lipinski definition) is 0. The Morgan fingerprint density at radius 2 is 1.96 bits per heavy atom. The molecule has 0 aliphatic carbocycles. The van der Waals surface area contributed by atoms with Crippen LogP contribution >= 0.6 is 11.3 Å². The van der Waals surface area contributed by atoms with E-state index in [1.165, 1.54) is 0 Å². The fourth-order valence-electron chi connectivity index (χ4n) is 2.80. The van der Waals surface area contributed by atoms with Gasteiger partial charge in [0, 0.05) is 43.8 Å². The number of aromatic nitrogens is 4. The molecule has 25 heavy (non-hydrogen) atoms. The molecule has 0 spiro atoms. The highest BCUT2D eigenvalue weighted by atomic mass is 32.1. The number of nitrogens with zero attached hydrogens (tertiary/aromatic N) is 5. The molecule has 4 aromatic heterocycles. The molecule has 124 valence electrons. The molecule has 0 unspecified atom stereocenters. The maximum atomic E-state index is 4.57. The molecule has 0 radical (unpaired) electrons. The summed E-state index contributed by atoms with van der Waals surface area (Å²) in [5.41, 5.74) is 2.24. The molecule has 4 heterocycles.